The van der Waals surface area contributed by atoms with Crippen molar-refractivity contribution in [2.75, 3.05) is 18.5 Å². The zero-order valence-electron chi connectivity index (χ0n) is 8.23. The third kappa shape index (κ3) is 2.95. The van der Waals surface area contributed by atoms with Crippen LogP contribution in [0.25, 0.3) is 0 Å². The van der Waals surface area contributed by atoms with Crippen molar-refractivity contribution in [3.05, 3.63) is 24.3 Å². The molecule has 82 valence electrons. The van der Waals surface area contributed by atoms with E-state index >= 15 is 0 Å². The molecule has 1 rings (SSSR count). The maximum Gasteiger partial charge on any atom is 0.235 e. The average molecular weight is 228 g/mol. The number of rotatable bonds is 3. The Kier molecular flexibility index (Phi) is 3.31. The highest BCUT2D eigenvalue weighted by molar-refractivity contribution is 7.92. The molecular formula is C9H12N2O3S. The van der Waals surface area contributed by atoms with Crippen LogP contribution in [0.4, 0.5) is 5.69 Å². The molecule has 1 amide bonds. The van der Waals surface area contributed by atoms with E-state index in [0.717, 1.165) is 0 Å². The van der Waals surface area contributed by atoms with E-state index in [1.165, 1.54) is 31.3 Å². The van der Waals surface area contributed by atoms with Gasteiger partial charge in [-0.25, -0.2) is 8.42 Å². The van der Waals surface area contributed by atoms with Crippen molar-refractivity contribution in [2.45, 2.75) is 4.90 Å². The van der Waals surface area contributed by atoms with Crippen LogP contribution in [0.15, 0.2) is 29.2 Å². The summed E-state index contributed by atoms with van der Waals surface area (Å²) in [6.07, 6.45) is 0. The molecule has 0 aliphatic heterocycles. The minimum absolute atomic E-state index is 0.0975. The second-order valence-corrected chi connectivity index (χ2v) is 4.99. The van der Waals surface area contributed by atoms with Gasteiger partial charge in [-0.15, -0.1) is 0 Å². The predicted molar refractivity (Wildman–Crippen MR) is 57.0 cm³/mol. The minimum atomic E-state index is -3.56. The molecule has 3 N–H and O–H groups in total. The molecule has 0 bridgehead atoms. The van der Waals surface area contributed by atoms with Gasteiger partial charge in [-0.1, -0.05) is 0 Å². The second kappa shape index (κ2) is 4.31. The Morgan fingerprint density at radius 2 is 1.87 bits per heavy atom. The van der Waals surface area contributed by atoms with Crippen LogP contribution in [-0.2, 0) is 14.6 Å². The molecule has 0 aliphatic carbocycles. The zero-order valence-corrected chi connectivity index (χ0v) is 9.04. The third-order valence-electron chi connectivity index (χ3n) is 1.84. The first-order chi connectivity index (χ1) is 6.95. The molecule has 5 nitrogen and oxygen atoms in total. The summed E-state index contributed by atoms with van der Waals surface area (Å²) in [6.45, 7) is 0. The molecule has 0 atom stereocenters. The number of carbonyl (C=O) groups is 1. The van der Waals surface area contributed by atoms with Crippen molar-refractivity contribution in [1.82, 2.24) is 5.32 Å². The van der Waals surface area contributed by atoms with Gasteiger partial charge in [0.2, 0.25) is 5.91 Å². The number of hydrogen-bond acceptors (Lipinski definition) is 4. The number of amides is 1. The number of nitrogens with one attached hydrogen (secondary N) is 1. The van der Waals surface area contributed by atoms with E-state index in [-0.39, 0.29) is 4.90 Å². The fraction of sp³-hybridized carbons (Fsp3) is 0.222. The number of sulfone groups is 1. The molecule has 1 aromatic carbocycles. The van der Waals surface area contributed by atoms with Crippen LogP contribution >= 0.6 is 0 Å². The van der Waals surface area contributed by atoms with Crippen LogP contribution in [0.1, 0.15) is 0 Å². The molecule has 0 saturated carbocycles. The van der Waals surface area contributed by atoms with Gasteiger partial charge in [-0.05, 0) is 24.3 Å². The Hall–Kier alpha value is -1.56. The first-order valence-electron chi connectivity index (χ1n) is 4.24. The summed E-state index contributed by atoms with van der Waals surface area (Å²) in [5.74, 6) is -1.08. The highest BCUT2D eigenvalue weighted by Gasteiger charge is 2.17. The van der Waals surface area contributed by atoms with Crippen LogP contribution in [0.3, 0.4) is 0 Å². The summed E-state index contributed by atoms with van der Waals surface area (Å²) in [4.78, 5) is 11.1. The maximum absolute atomic E-state index is 11.6. The van der Waals surface area contributed by atoms with Gasteiger partial charge in [0.05, 0.1) is 4.90 Å². The van der Waals surface area contributed by atoms with Gasteiger partial charge in [0.15, 0.2) is 9.84 Å². The van der Waals surface area contributed by atoms with Crippen molar-refractivity contribution in [3.8, 4) is 0 Å². The molecule has 0 radical (unpaired) electrons. The first kappa shape index (κ1) is 11.5. The molecule has 0 saturated heterocycles. The number of anilines is 1. The second-order valence-electron chi connectivity index (χ2n) is 3.00. The molecule has 15 heavy (non-hydrogen) atoms. The Morgan fingerprint density at radius 3 is 2.33 bits per heavy atom. The van der Waals surface area contributed by atoms with Gasteiger partial charge in [-0.2, -0.15) is 0 Å². The molecule has 0 fully saturated rings. The zero-order chi connectivity index (χ0) is 11.5. The molecule has 0 aliphatic rings. The standard InChI is InChI=1S/C9H12N2O3S/c1-11-9(12)6-15(13,14)8-4-2-7(10)3-5-8/h2-5H,6,10H2,1H3,(H,11,12). The van der Waals surface area contributed by atoms with Gasteiger partial charge >= 0.3 is 0 Å². The van der Waals surface area contributed by atoms with Crippen LogP contribution in [-0.4, -0.2) is 27.1 Å². The topological polar surface area (TPSA) is 89.3 Å². The lowest BCUT2D eigenvalue weighted by atomic mass is 10.3. The first-order valence-corrected chi connectivity index (χ1v) is 5.90. The molecule has 1 aromatic rings. The lowest BCUT2D eigenvalue weighted by molar-refractivity contribution is -0.118. The Bertz CT molecular complexity index is 451. The molecule has 6 heteroatoms. The van der Waals surface area contributed by atoms with Crippen LogP contribution < -0.4 is 11.1 Å². The number of benzene rings is 1. The summed E-state index contributed by atoms with van der Waals surface area (Å²) in [5.41, 5.74) is 5.90. The number of carbonyl (C=O) groups excluding carboxylic acids is 1. The molecule has 0 unspecified atom stereocenters. The normalized spacial score (nSPS) is 11.0. The van der Waals surface area contributed by atoms with Crippen molar-refractivity contribution in [2.24, 2.45) is 0 Å². The highest BCUT2D eigenvalue weighted by Crippen LogP contribution is 2.13. The summed E-state index contributed by atoms with van der Waals surface area (Å²) < 4.78 is 23.2. The van der Waals surface area contributed by atoms with Crippen molar-refractivity contribution < 1.29 is 13.2 Å². The Balaban J connectivity index is 2.96. The van der Waals surface area contributed by atoms with Crippen LogP contribution in [0, 0.1) is 0 Å². The van der Waals surface area contributed by atoms with Crippen molar-refractivity contribution in [3.63, 3.8) is 0 Å². The van der Waals surface area contributed by atoms with E-state index in [9.17, 15) is 13.2 Å². The summed E-state index contributed by atoms with van der Waals surface area (Å²) >= 11 is 0. The van der Waals surface area contributed by atoms with E-state index in [2.05, 4.69) is 5.32 Å². The summed E-state index contributed by atoms with van der Waals surface area (Å²) in [5, 5.41) is 2.26. The van der Waals surface area contributed by atoms with Gasteiger partial charge < -0.3 is 11.1 Å². The van der Waals surface area contributed by atoms with E-state index < -0.39 is 21.5 Å². The fourth-order valence-electron chi connectivity index (χ4n) is 1.00. The minimum Gasteiger partial charge on any atom is -0.399 e. The molecule has 0 spiro atoms. The number of nitrogen functional groups attached to an aromatic ring is 1. The molecule has 0 heterocycles. The quantitative estimate of drug-likeness (QED) is 0.700. The number of nitrogens with two attached hydrogens (primary N) is 1. The molecule has 0 aromatic heterocycles. The smallest absolute Gasteiger partial charge is 0.235 e. The average Bonchev–Trinajstić information content (AvgIpc) is 2.17. The lowest BCUT2D eigenvalue weighted by Crippen LogP contribution is -2.26. The monoisotopic (exact) mass is 228 g/mol. The fourth-order valence-corrected chi connectivity index (χ4v) is 2.21. The van der Waals surface area contributed by atoms with E-state index in [0.29, 0.717) is 5.69 Å². The SMILES string of the molecule is CNC(=O)CS(=O)(=O)c1ccc(N)cc1. The van der Waals surface area contributed by atoms with Crippen LogP contribution in [0.5, 0.6) is 0 Å². The van der Waals surface area contributed by atoms with Gasteiger partial charge in [0, 0.05) is 12.7 Å². The van der Waals surface area contributed by atoms with Crippen molar-refractivity contribution in [1.29, 1.82) is 0 Å². The summed E-state index contributed by atoms with van der Waals surface area (Å²) in [7, 11) is -2.17. The Morgan fingerprint density at radius 1 is 1.33 bits per heavy atom. The molecular weight excluding hydrogens is 216 g/mol. The van der Waals surface area contributed by atoms with Crippen LogP contribution in [0.2, 0.25) is 0 Å². The van der Waals surface area contributed by atoms with E-state index in [1.54, 1.807) is 0 Å². The van der Waals surface area contributed by atoms with Gasteiger partial charge in [0.1, 0.15) is 5.75 Å². The maximum atomic E-state index is 11.6. The number of hydrogen-bond donors (Lipinski definition) is 2. The lowest BCUT2D eigenvalue weighted by Gasteiger charge is -2.03. The van der Waals surface area contributed by atoms with E-state index in [4.69, 9.17) is 5.73 Å². The summed E-state index contributed by atoms with van der Waals surface area (Å²) in [6, 6.07) is 5.73. The Labute approximate surface area is 88.2 Å². The highest BCUT2D eigenvalue weighted by atomic mass is 32.2. The van der Waals surface area contributed by atoms with Gasteiger partial charge in [0.25, 0.3) is 0 Å². The van der Waals surface area contributed by atoms with Crippen molar-refractivity contribution >= 4 is 21.4 Å². The van der Waals surface area contributed by atoms with E-state index in [1.807, 2.05) is 0 Å². The largest absolute Gasteiger partial charge is 0.399 e. The van der Waals surface area contributed by atoms with Gasteiger partial charge in [-0.3, -0.25) is 4.79 Å². The third-order valence-corrected chi connectivity index (χ3v) is 3.47. The predicted octanol–water partition coefficient (Wildman–Crippen LogP) is -0.212.